The number of benzene rings is 2. The van der Waals surface area contributed by atoms with Crippen LogP contribution < -0.4 is 11.0 Å². The van der Waals surface area contributed by atoms with Crippen molar-refractivity contribution in [2.45, 2.75) is 38.1 Å². The molecule has 5 nitrogen and oxygen atoms in total. The first-order valence-corrected chi connectivity index (χ1v) is 9.13. The number of aromatic nitrogens is 2. The average molecular weight is 367 g/mol. The fourth-order valence-corrected chi connectivity index (χ4v) is 3.77. The molecule has 0 saturated carbocycles. The van der Waals surface area contributed by atoms with Crippen LogP contribution >= 0.6 is 0 Å². The van der Waals surface area contributed by atoms with Gasteiger partial charge in [0.1, 0.15) is 5.82 Å². The first-order valence-electron chi connectivity index (χ1n) is 9.13. The Morgan fingerprint density at radius 2 is 2.11 bits per heavy atom. The second-order valence-electron chi connectivity index (χ2n) is 7.00. The fraction of sp³-hybridized carbons (Fsp3) is 0.286. The zero-order valence-electron chi connectivity index (χ0n) is 15.0. The number of H-pyrrole nitrogens is 1. The molecule has 2 aromatic carbocycles. The molecule has 0 saturated heterocycles. The molecule has 140 valence electrons. The maximum Gasteiger partial charge on any atom is 0.326 e. The topological polar surface area (TPSA) is 70.0 Å². The Bertz CT molecular complexity index is 1050. The van der Waals surface area contributed by atoms with Gasteiger partial charge in [-0.1, -0.05) is 42.5 Å². The minimum atomic E-state index is -0.734. The normalized spacial score (nSPS) is 20.9. The first kappa shape index (κ1) is 17.7. The summed E-state index contributed by atoms with van der Waals surface area (Å²) in [7, 11) is 0. The largest absolute Gasteiger partial charge is 0.387 e. The Hall–Kier alpha value is -2.70. The molecule has 3 N–H and O–H groups in total. The minimum Gasteiger partial charge on any atom is -0.387 e. The molecular formula is C21H22FN3O2. The van der Waals surface area contributed by atoms with E-state index >= 15 is 0 Å². The van der Waals surface area contributed by atoms with Crippen LogP contribution in [0.3, 0.4) is 0 Å². The predicted octanol–water partition coefficient (Wildman–Crippen LogP) is 2.97. The molecule has 1 unspecified atom stereocenters. The monoisotopic (exact) mass is 367 g/mol. The highest BCUT2D eigenvalue weighted by Crippen LogP contribution is 2.29. The standard InChI is InChI=1S/C21H22FN3O2/c1-13(9-10-14-5-2-3-7-16(14)22)23-18-11-12-25-19-15(20(18)26)6-4-8-17(19)24-21(25)27/h2-10,13,18,20,23,26H,11-12H2,1H3,(H,24,27)/b10-9+/t13?,18-,20-/m1/s1. The van der Waals surface area contributed by atoms with E-state index in [1.165, 1.54) is 6.07 Å². The molecule has 3 atom stereocenters. The molecule has 6 heteroatoms. The molecule has 3 aromatic rings. The van der Waals surface area contributed by atoms with Crippen molar-refractivity contribution in [2.24, 2.45) is 0 Å². The lowest BCUT2D eigenvalue weighted by atomic mass is 9.99. The highest BCUT2D eigenvalue weighted by Gasteiger charge is 2.28. The number of aliphatic hydroxyl groups is 1. The molecule has 1 aliphatic rings. The van der Waals surface area contributed by atoms with Crippen LogP contribution in [0.4, 0.5) is 4.39 Å². The Labute approximate surface area is 156 Å². The number of hydrogen-bond acceptors (Lipinski definition) is 3. The van der Waals surface area contributed by atoms with E-state index in [2.05, 4.69) is 10.3 Å². The van der Waals surface area contributed by atoms with Gasteiger partial charge in [0.25, 0.3) is 0 Å². The third kappa shape index (κ3) is 3.34. The number of para-hydroxylation sites is 1. The van der Waals surface area contributed by atoms with Crippen LogP contribution in [0.2, 0.25) is 0 Å². The molecule has 0 spiro atoms. The van der Waals surface area contributed by atoms with Crippen LogP contribution in [0.25, 0.3) is 17.1 Å². The van der Waals surface area contributed by atoms with Crippen molar-refractivity contribution >= 4 is 17.1 Å². The first-order chi connectivity index (χ1) is 13.0. The quantitative estimate of drug-likeness (QED) is 0.664. The molecule has 2 heterocycles. The van der Waals surface area contributed by atoms with Gasteiger partial charge >= 0.3 is 5.69 Å². The van der Waals surface area contributed by atoms with E-state index in [1.54, 1.807) is 28.8 Å². The Balaban J connectivity index is 1.55. The van der Waals surface area contributed by atoms with Crippen molar-refractivity contribution in [1.82, 2.24) is 14.9 Å². The van der Waals surface area contributed by atoms with Gasteiger partial charge in [0.05, 0.1) is 17.1 Å². The van der Waals surface area contributed by atoms with Crippen molar-refractivity contribution in [3.8, 4) is 0 Å². The smallest absolute Gasteiger partial charge is 0.326 e. The van der Waals surface area contributed by atoms with E-state index in [0.717, 1.165) is 16.6 Å². The van der Waals surface area contributed by atoms with Crippen LogP contribution in [0.15, 0.2) is 53.3 Å². The third-order valence-corrected chi connectivity index (χ3v) is 5.13. The second kappa shape index (κ2) is 7.13. The van der Waals surface area contributed by atoms with Crippen LogP contribution in [0, 0.1) is 5.82 Å². The number of hydrogen-bond donors (Lipinski definition) is 3. The van der Waals surface area contributed by atoms with Gasteiger partial charge in [0.2, 0.25) is 0 Å². The van der Waals surface area contributed by atoms with Gasteiger partial charge < -0.3 is 15.4 Å². The number of aromatic amines is 1. The van der Waals surface area contributed by atoms with Crippen molar-refractivity contribution < 1.29 is 9.50 Å². The van der Waals surface area contributed by atoms with Crippen molar-refractivity contribution in [1.29, 1.82) is 0 Å². The minimum absolute atomic E-state index is 0.0702. The fourth-order valence-electron chi connectivity index (χ4n) is 3.77. The number of rotatable bonds is 4. The van der Waals surface area contributed by atoms with Crippen molar-refractivity contribution in [3.63, 3.8) is 0 Å². The molecule has 0 bridgehead atoms. The number of aliphatic hydroxyl groups excluding tert-OH is 1. The van der Waals surface area contributed by atoms with Gasteiger partial charge in [-0.05, 0) is 25.5 Å². The Morgan fingerprint density at radius 3 is 2.93 bits per heavy atom. The van der Waals surface area contributed by atoms with Crippen LogP contribution in [-0.4, -0.2) is 26.7 Å². The summed E-state index contributed by atoms with van der Waals surface area (Å²) in [5.41, 5.74) is 2.63. The van der Waals surface area contributed by atoms with E-state index in [9.17, 15) is 14.3 Å². The number of imidazole rings is 1. The molecule has 1 aliphatic heterocycles. The summed E-state index contributed by atoms with van der Waals surface area (Å²) in [6, 6.07) is 11.9. The summed E-state index contributed by atoms with van der Waals surface area (Å²) < 4.78 is 15.4. The zero-order chi connectivity index (χ0) is 19.0. The highest BCUT2D eigenvalue weighted by atomic mass is 19.1. The van der Waals surface area contributed by atoms with E-state index in [4.69, 9.17) is 0 Å². The number of halogens is 1. The molecule has 0 aliphatic carbocycles. The maximum absolute atomic E-state index is 13.7. The maximum atomic E-state index is 13.7. The molecule has 4 rings (SSSR count). The predicted molar refractivity (Wildman–Crippen MR) is 104 cm³/mol. The third-order valence-electron chi connectivity index (χ3n) is 5.13. The Kier molecular flexibility index (Phi) is 4.68. The molecule has 0 fully saturated rings. The van der Waals surface area contributed by atoms with Gasteiger partial charge in [-0.2, -0.15) is 0 Å². The van der Waals surface area contributed by atoms with E-state index < -0.39 is 6.10 Å². The molecule has 27 heavy (non-hydrogen) atoms. The van der Waals surface area contributed by atoms with E-state index in [1.807, 2.05) is 31.2 Å². The van der Waals surface area contributed by atoms with Gasteiger partial charge in [-0.25, -0.2) is 9.18 Å². The second-order valence-corrected chi connectivity index (χ2v) is 7.00. The Morgan fingerprint density at radius 1 is 1.30 bits per heavy atom. The van der Waals surface area contributed by atoms with Gasteiger partial charge in [0, 0.05) is 29.8 Å². The summed E-state index contributed by atoms with van der Waals surface area (Å²) in [6.07, 6.45) is 3.50. The molecular weight excluding hydrogens is 345 g/mol. The van der Waals surface area contributed by atoms with E-state index in [0.29, 0.717) is 18.5 Å². The zero-order valence-corrected chi connectivity index (χ0v) is 15.0. The lowest BCUT2D eigenvalue weighted by Crippen LogP contribution is -2.40. The van der Waals surface area contributed by atoms with Gasteiger partial charge in [-0.15, -0.1) is 0 Å². The summed E-state index contributed by atoms with van der Waals surface area (Å²) >= 11 is 0. The van der Waals surface area contributed by atoms with E-state index in [-0.39, 0.29) is 23.6 Å². The van der Waals surface area contributed by atoms with Crippen LogP contribution in [0.5, 0.6) is 0 Å². The highest BCUT2D eigenvalue weighted by molar-refractivity contribution is 5.79. The number of nitrogens with one attached hydrogen (secondary N) is 2. The number of nitrogens with zero attached hydrogens (tertiary/aromatic N) is 1. The van der Waals surface area contributed by atoms with Gasteiger partial charge in [0.15, 0.2) is 0 Å². The van der Waals surface area contributed by atoms with Crippen LogP contribution in [0.1, 0.15) is 30.6 Å². The van der Waals surface area contributed by atoms with Gasteiger partial charge in [-0.3, -0.25) is 4.57 Å². The summed E-state index contributed by atoms with van der Waals surface area (Å²) in [5, 5.41) is 14.3. The van der Waals surface area contributed by atoms with Crippen LogP contribution in [-0.2, 0) is 6.54 Å². The SMILES string of the molecule is CC(/C=C/c1ccccc1F)N[C@@H]1CCn2c(=O)[nH]c3cccc(c32)[C@H]1O. The summed E-state index contributed by atoms with van der Waals surface area (Å²) in [4.78, 5) is 15.0. The average Bonchev–Trinajstić information content (AvgIpc) is 2.91. The summed E-state index contributed by atoms with van der Waals surface area (Å²) in [5.74, 6) is -0.263. The van der Waals surface area contributed by atoms with Crippen molar-refractivity contribution in [2.75, 3.05) is 0 Å². The molecule has 0 radical (unpaired) electrons. The van der Waals surface area contributed by atoms with Crippen molar-refractivity contribution in [3.05, 3.63) is 76.0 Å². The number of aryl methyl sites for hydroxylation is 1. The lowest BCUT2D eigenvalue weighted by Gasteiger charge is -2.25. The lowest BCUT2D eigenvalue weighted by molar-refractivity contribution is 0.122. The molecule has 0 amide bonds. The molecule has 1 aromatic heterocycles. The summed E-state index contributed by atoms with van der Waals surface area (Å²) in [6.45, 7) is 2.48.